The minimum atomic E-state index is 0.102. The van der Waals surface area contributed by atoms with Gasteiger partial charge in [-0.2, -0.15) is 0 Å². The normalized spacial score (nSPS) is 12.4. The van der Waals surface area contributed by atoms with Crippen LogP contribution in [-0.2, 0) is 0 Å². The summed E-state index contributed by atoms with van der Waals surface area (Å²) < 4.78 is 5.78. The summed E-state index contributed by atoms with van der Waals surface area (Å²) in [5.74, 6) is 0.805. The molecule has 0 saturated heterocycles. The van der Waals surface area contributed by atoms with Crippen molar-refractivity contribution in [1.82, 2.24) is 0 Å². The van der Waals surface area contributed by atoms with Gasteiger partial charge in [0.1, 0.15) is 11.9 Å². The lowest BCUT2D eigenvalue weighted by atomic mass is 10.1. The van der Waals surface area contributed by atoms with Gasteiger partial charge in [-0.1, -0.05) is 37.4 Å². The van der Waals surface area contributed by atoms with E-state index in [-0.39, 0.29) is 6.10 Å². The summed E-state index contributed by atoms with van der Waals surface area (Å²) in [6, 6.07) is 7.46. The van der Waals surface area contributed by atoms with Crippen LogP contribution >= 0.6 is 11.6 Å². The molecule has 1 aromatic carbocycles. The lowest BCUT2D eigenvalue weighted by molar-refractivity contribution is 0.195. The molecule has 0 fully saturated rings. The fraction of sp³-hybridized carbons (Fsp3) is 0.538. The van der Waals surface area contributed by atoms with Gasteiger partial charge < -0.3 is 10.5 Å². The fourth-order valence-corrected chi connectivity index (χ4v) is 1.76. The summed E-state index contributed by atoms with van der Waals surface area (Å²) >= 11 is 5.89. The van der Waals surface area contributed by atoms with E-state index in [2.05, 4.69) is 6.92 Å². The molecular weight excluding hydrogens is 222 g/mol. The number of nitrogens with two attached hydrogens (primary N) is 1. The van der Waals surface area contributed by atoms with E-state index >= 15 is 0 Å². The zero-order valence-electron chi connectivity index (χ0n) is 9.79. The second-order valence-electron chi connectivity index (χ2n) is 3.93. The number of hydrogen-bond donors (Lipinski definition) is 1. The van der Waals surface area contributed by atoms with Crippen molar-refractivity contribution >= 4 is 11.6 Å². The average Bonchev–Trinajstić information content (AvgIpc) is 2.28. The Morgan fingerprint density at radius 1 is 1.38 bits per heavy atom. The second kappa shape index (κ2) is 7.53. The molecule has 3 heteroatoms. The third-order valence-corrected chi connectivity index (χ3v) is 2.73. The number of unbranched alkanes of at least 4 members (excludes halogenated alkanes) is 2. The van der Waals surface area contributed by atoms with Crippen LogP contribution in [0.1, 0.15) is 32.6 Å². The molecule has 90 valence electrons. The van der Waals surface area contributed by atoms with E-state index in [0.717, 1.165) is 12.2 Å². The second-order valence-corrected chi connectivity index (χ2v) is 4.37. The summed E-state index contributed by atoms with van der Waals surface area (Å²) in [7, 11) is 0. The van der Waals surface area contributed by atoms with Crippen LogP contribution in [0.4, 0.5) is 0 Å². The van der Waals surface area contributed by atoms with Crippen molar-refractivity contribution in [3.63, 3.8) is 0 Å². The Kier molecular flexibility index (Phi) is 6.27. The molecule has 0 aliphatic heterocycles. The Bertz CT molecular complexity index is 304. The van der Waals surface area contributed by atoms with E-state index in [9.17, 15) is 0 Å². The topological polar surface area (TPSA) is 35.2 Å². The van der Waals surface area contributed by atoms with Crippen molar-refractivity contribution in [2.24, 2.45) is 5.73 Å². The number of benzene rings is 1. The number of halogens is 1. The summed E-state index contributed by atoms with van der Waals surface area (Å²) in [5.41, 5.74) is 5.68. The third-order valence-electron chi connectivity index (χ3n) is 2.49. The molecule has 2 nitrogen and oxygen atoms in total. The van der Waals surface area contributed by atoms with Crippen molar-refractivity contribution in [3.05, 3.63) is 29.3 Å². The van der Waals surface area contributed by atoms with Gasteiger partial charge in [-0.3, -0.25) is 0 Å². The highest BCUT2D eigenvalue weighted by atomic mass is 35.5. The van der Waals surface area contributed by atoms with Crippen LogP contribution in [0, 0.1) is 0 Å². The smallest absolute Gasteiger partial charge is 0.121 e. The lowest BCUT2D eigenvalue weighted by Gasteiger charge is -2.17. The molecule has 0 heterocycles. The molecule has 1 aromatic rings. The summed E-state index contributed by atoms with van der Waals surface area (Å²) in [6.45, 7) is 2.74. The molecule has 0 bridgehead atoms. The first-order valence-electron chi connectivity index (χ1n) is 5.88. The Morgan fingerprint density at radius 2 is 2.19 bits per heavy atom. The van der Waals surface area contributed by atoms with Gasteiger partial charge in [0, 0.05) is 11.6 Å². The van der Waals surface area contributed by atoms with E-state index < -0.39 is 0 Å². The van der Waals surface area contributed by atoms with E-state index in [1.165, 1.54) is 19.3 Å². The van der Waals surface area contributed by atoms with Crippen LogP contribution in [0.5, 0.6) is 5.75 Å². The maximum Gasteiger partial charge on any atom is 0.121 e. The van der Waals surface area contributed by atoms with E-state index in [1.807, 2.05) is 24.3 Å². The monoisotopic (exact) mass is 241 g/mol. The molecule has 0 saturated carbocycles. The molecule has 2 N–H and O–H groups in total. The van der Waals surface area contributed by atoms with Crippen LogP contribution in [0.2, 0.25) is 5.02 Å². The molecule has 1 unspecified atom stereocenters. The standard InChI is InChI=1S/C13H20ClNO/c1-2-3-4-7-13(10-15)16-12-8-5-6-11(14)9-12/h5-6,8-9,13H,2-4,7,10,15H2,1H3. The summed E-state index contributed by atoms with van der Waals surface area (Å²) in [6.07, 6.45) is 4.73. The lowest BCUT2D eigenvalue weighted by Crippen LogP contribution is -2.26. The van der Waals surface area contributed by atoms with Crippen molar-refractivity contribution in [3.8, 4) is 5.75 Å². The van der Waals surface area contributed by atoms with Crippen molar-refractivity contribution in [2.75, 3.05) is 6.54 Å². The van der Waals surface area contributed by atoms with Crippen LogP contribution in [0.25, 0.3) is 0 Å². The van der Waals surface area contributed by atoms with Crippen LogP contribution < -0.4 is 10.5 Å². The van der Waals surface area contributed by atoms with Gasteiger partial charge in [0.05, 0.1) is 0 Å². The van der Waals surface area contributed by atoms with Crippen molar-refractivity contribution in [2.45, 2.75) is 38.7 Å². The maximum absolute atomic E-state index is 5.89. The molecule has 0 radical (unpaired) electrons. The molecule has 16 heavy (non-hydrogen) atoms. The highest BCUT2D eigenvalue weighted by Gasteiger charge is 2.08. The van der Waals surface area contributed by atoms with Gasteiger partial charge in [-0.15, -0.1) is 0 Å². The van der Waals surface area contributed by atoms with Gasteiger partial charge >= 0.3 is 0 Å². The Morgan fingerprint density at radius 3 is 2.81 bits per heavy atom. The van der Waals surface area contributed by atoms with E-state index in [1.54, 1.807) is 0 Å². The number of rotatable bonds is 7. The Balaban J connectivity index is 2.43. The molecular formula is C13H20ClNO. The zero-order chi connectivity index (χ0) is 11.8. The van der Waals surface area contributed by atoms with Gasteiger partial charge in [0.15, 0.2) is 0 Å². The predicted molar refractivity (Wildman–Crippen MR) is 69.1 cm³/mol. The molecule has 0 aromatic heterocycles. The Labute approximate surface area is 103 Å². The molecule has 0 aliphatic carbocycles. The highest BCUT2D eigenvalue weighted by molar-refractivity contribution is 6.30. The molecule has 0 aliphatic rings. The van der Waals surface area contributed by atoms with Crippen LogP contribution in [-0.4, -0.2) is 12.6 Å². The SMILES string of the molecule is CCCCCC(CN)Oc1cccc(Cl)c1. The Hall–Kier alpha value is -0.730. The number of hydrogen-bond acceptors (Lipinski definition) is 2. The molecule has 1 rings (SSSR count). The summed E-state index contributed by atoms with van der Waals surface area (Å²) in [5, 5.41) is 0.696. The van der Waals surface area contributed by atoms with Crippen molar-refractivity contribution in [1.29, 1.82) is 0 Å². The van der Waals surface area contributed by atoms with Gasteiger partial charge in [-0.25, -0.2) is 0 Å². The molecule has 1 atom stereocenters. The first-order valence-corrected chi connectivity index (χ1v) is 6.26. The van der Waals surface area contributed by atoms with Crippen LogP contribution in [0.15, 0.2) is 24.3 Å². The zero-order valence-corrected chi connectivity index (χ0v) is 10.5. The molecule has 0 amide bonds. The quantitative estimate of drug-likeness (QED) is 0.740. The van der Waals surface area contributed by atoms with Gasteiger partial charge in [0.25, 0.3) is 0 Å². The van der Waals surface area contributed by atoms with Gasteiger partial charge in [0.2, 0.25) is 0 Å². The minimum absolute atomic E-state index is 0.102. The first kappa shape index (κ1) is 13.3. The van der Waals surface area contributed by atoms with E-state index in [0.29, 0.717) is 11.6 Å². The highest BCUT2D eigenvalue weighted by Crippen LogP contribution is 2.19. The largest absolute Gasteiger partial charge is 0.489 e. The van der Waals surface area contributed by atoms with Crippen molar-refractivity contribution < 1.29 is 4.74 Å². The third kappa shape index (κ3) is 4.86. The number of ether oxygens (including phenoxy) is 1. The first-order chi connectivity index (χ1) is 7.76. The summed E-state index contributed by atoms with van der Waals surface area (Å²) in [4.78, 5) is 0. The van der Waals surface area contributed by atoms with Gasteiger partial charge in [-0.05, 0) is 31.0 Å². The average molecular weight is 242 g/mol. The minimum Gasteiger partial charge on any atom is -0.489 e. The van der Waals surface area contributed by atoms with E-state index in [4.69, 9.17) is 22.1 Å². The molecule has 0 spiro atoms. The maximum atomic E-state index is 5.89. The van der Waals surface area contributed by atoms with Crippen LogP contribution in [0.3, 0.4) is 0 Å². The fourth-order valence-electron chi connectivity index (χ4n) is 1.58. The predicted octanol–water partition coefficient (Wildman–Crippen LogP) is 3.63.